The molecule has 1 amide bonds. The highest BCUT2D eigenvalue weighted by atomic mass is 35.5. The molecule has 1 N–H and O–H groups in total. The van der Waals surface area contributed by atoms with Gasteiger partial charge in [0.2, 0.25) is 5.13 Å². The Kier molecular flexibility index (Phi) is 7.04. The molecule has 0 spiro atoms. The number of methoxy groups -OCH3 is 1. The molecule has 1 aliphatic rings. The number of ether oxygens (including phenoxy) is 2. The first-order valence-corrected chi connectivity index (χ1v) is 11.7. The third-order valence-corrected chi connectivity index (χ3v) is 6.57. The average molecular weight is 492 g/mol. The van der Waals surface area contributed by atoms with Crippen LogP contribution < -0.4 is 14.8 Å². The predicted molar refractivity (Wildman–Crippen MR) is 124 cm³/mol. The fourth-order valence-corrected chi connectivity index (χ4v) is 4.56. The summed E-state index contributed by atoms with van der Waals surface area (Å²) in [5.74, 6) is -0.458. The van der Waals surface area contributed by atoms with E-state index in [0.717, 1.165) is 37.0 Å². The lowest BCUT2D eigenvalue weighted by Gasteiger charge is -2.25. The highest BCUT2D eigenvalue weighted by Crippen LogP contribution is 2.37. The summed E-state index contributed by atoms with van der Waals surface area (Å²) in [6, 6.07) is 1.59. The maximum atomic E-state index is 14.9. The molecule has 11 heteroatoms. The summed E-state index contributed by atoms with van der Waals surface area (Å²) in [5, 5.41) is 11.1. The molecule has 0 bridgehead atoms. The Morgan fingerprint density at radius 2 is 1.97 bits per heavy atom. The van der Waals surface area contributed by atoms with Gasteiger partial charge in [0.05, 0.1) is 24.4 Å². The van der Waals surface area contributed by atoms with Crippen molar-refractivity contribution in [1.29, 1.82) is 0 Å². The van der Waals surface area contributed by atoms with Gasteiger partial charge in [-0.05, 0) is 55.9 Å². The van der Waals surface area contributed by atoms with Gasteiger partial charge < -0.3 is 9.47 Å². The fraction of sp³-hybridized carbons (Fsp3) is 0.409. The van der Waals surface area contributed by atoms with Gasteiger partial charge in [-0.1, -0.05) is 23.6 Å². The van der Waals surface area contributed by atoms with Crippen LogP contribution in [0.3, 0.4) is 0 Å². The molecular weight excluding hydrogens is 469 g/mol. The van der Waals surface area contributed by atoms with Crippen LogP contribution in [-0.4, -0.2) is 39.3 Å². The molecule has 0 unspecified atom stereocenters. The van der Waals surface area contributed by atoms with E-state index < -0.39 is 11.7 Å². The maximum absolute atomic E-state index is 14.9. The number of hydrogen-bond acceptors (Lipinski definition) is 8. The lowest BCUT2D eigenvalue weighted by molar-refractivity contribution is 0.102. The summed E-state index contributed by atoms with van der Waals surface area (Å²) in [6.45, 7) is 3.98. The quantitative estimate of drug-likeness (QED) is 0.466. The number of rotatable bonds is 6. The molecule has 0 aromatic carbocycles. The third-order valence-electron chi connectivity index (χ3n) is 5.57. The smallest absolute Gasteiger partial charge is 0.296 e. The number of carbonyl (C=O) groups excluding carboxylic acids is 1. The third kappa shape index (κ3) is 5.22. The first kappa shape index (κ1) is 23.3. The topological polar surface area (TPSA) is 99.1 Å². The second-order valence-electron chi connectivity index (χ2n) is 8.00. The summed E-state index contributed by atoms with van der Waals surface area (Å²) in [6.07, 6.45) is 6.97. The molecule has 4 rings (SSSR count). The maximum Gasteiger partial charge on any atom is 0.296 e. The summed E-state index contributed by atoms with van der Waals surface area (Å²) < 4.78 is 26.1. The van der Waals surface area contributed by atoms with E-state index >= 15 is 0 Å². The van der Waals surface area contributed by atoms with Crippen molar-refractivity contribution in [2.75, 3.05) is 12.4 Å². The van der Waals surface area contributed by atoms with Crippen LogP contribution in [0.25, 0.3) is 11.1 Å². The van der Waals surface area contributed by atoms with Crippen LogP contribution in [0.4, 0.5) is 9.52 Å². The SMILES string of the molecule is COc1cnc(Cl)c(F)c1-c1cc(C)ncc1C(=O)Nc1nnc(OC2CCC(C)CC2)s1. The molecule has 174 valence electrons. The number of aromatic nitrogens is 4. The Hall–Kier alpha value is -2.85. The number of carbonyl (C=O) groups is 1. The van der Waals surface area contributed by atoms with Gasteiger partial charge in [-0.2, -0.15) is 0 Å². The molecule has 1 saturated carbocycles. The number of pyridine rings is 2. The van der Waals surface area contributed by atoms with E-state index in [-0.39, 0.29) is 38.8 Å². The van der Waals surface area contributed by atoms with E-state index in [0.29, 0.717) is 16.8 Å². The van der Waals surface area contributed by atoms with E-state index in [2.05, 4.69) is 32.4 Å². The van der Waals surface area contributed by atoms with Crippen LogP contribution in [0.15, 0.2) is 18.5 Å². The molecule has 3 aromatic rings. The van der Waals surface area contributed by atoms with Crippen molar-refractivity contribution in [2.24, 2.45) is 5.92 Å². The van der Waals surface area contributed by atoms with Crippen LogP contribution in [0.1, 0.15) is 48.7 Å². The average Bonchev–Trinajstić information content (AvgIpc) is 3.23. The standard InChI is InChI=1S/C22H23ClFN5O3S/c1-11-4-6-13(7-5-11)32-22-29-28-21(33-22)27-20(30)15-9-25-12(2)8-14(15)17-16(31-3)10-26-19(23)18(17)24/h8-11,13H,4-7H2,1-3H3,(H,27,28,30). The van der Waals surface area contributed by atoms with E-state index in [1.807, 2.05) is 0 Å². The number of nitrogens with one attached hydrogen (secondary N) is 1. The molecule has 3 heterocycles. The monoisotopic (exact) mass is 491 g/mol. The Morgan fingerprint density at radius 1 is 1.21 bits per heavy atom. The van der Waals surface area contributed by atoms with Gasteiger partial charge in [0.15, 0.2) is 11.0 Å². The zero-order valence-corrected chi connectivity index (χ0v) is 20.0. The Morgan fingerprint density at radius 3 is 2.70 bits per heavy atom. The number of anilines is 1. The molecule has 33 heavy (non-hydrogen) atoms. The minimum absolute atomic E-state index is 0.0287. The highest BCUT2D eigenvalue weighted by molar-refractivity contribution is 7.17. The summed E-state index contributed by atoms with van der Waals surface area (Å²) >= 11 is 7.04. The van der Waals surface area contributed by atoms with Crippen LogP contribution in [0.2, 0.25) is 5.15 Å². The largest absolute Gasteiger partial charge is 0.494 e. The Balaban J connectivity index is 1.57. The van der Waals surface area contributed by atoms with Crippen LogP contribution in [-0.2, 0) is 0 Å². The molecule has 1 aliphatic carbocycles. The van der Waals surface area contributed by atoms with Crippen molar-refractivity contribution < 1.29 is 18.7 Å². The molecule has 1 fully saturated rings. The van der Waals surface area contributed by atoms with Gasteiger partial charge in [0.1, 0.15) is 11.9 Å². The second-order valence-corrected chi connectivity index (χ2v) is 9.30. The lowest BCUT2D eigenvalue weighted by atomic mass is 9.89. The van der Waals surface area contributed by atoms with Gasteiger partial charge in [0.25, 0.3) is 11.1 Å². The minimum Gasteiger partial charge on any atom is -0.494 e. The van der Waals surface area contributed by atoms with Gasteiger partial charge in [-0.25, -0.2) is 9.37 Å². The molecule has 8 nitrogen and oxygen atoms in total. The summed E-state index contributed by atoms with van der Waals surface area (Å²) in [7, 11) is 1.39. The zero-order chi connectivity index (χ0) is 23.5. The van der Waals surface area contributed by atoms with Crippen LogP contribution in [0.5, 0.6) is 10.9 Å². The van der Waals surface area contributed by atoms with Crippen LogP contribution >= 0.6 is 22.9 Å². The normalized spacial score (nSPS) is 18.1. The molecule has 0 atom stereocenters. The number of halogens is 2. The highest BCUT2D eigenvalue weighted by Gasteiger charge is 2.24. The molecule has 0 aliphatic heterocycles. The van der Waals surface area contributed by atoms with Crippen molar-refractivity contribution in [1.82, 2.24) is 20.2 Å². The zero-order valence-electron chi connectivity index (χ0n) is 18.4. The predicted octanol–water partition coefficient (Wildman–Crippen LogP) is 5.31. The van der Waals surface area contributed by atoms with Crippen molar-refractivity contribution in [3.05, 3.63) is 40.7 Å². The van der Waals surface area contributed by atoms with E-state index in [1.165, 1.54) is 19.5 Å². The Labute approximate surface area is 199 Å². The van der Waals surface area contributed by atoms with Gasteiger partial charge >= 0.3 is 0 Å². The molecular formula is C22H23ClFN5O3S. The number of nitrogens with zero attached hydrogens (tertiary/aromatic N) is 4. The molecule has 3 aromatic heterocycles. The van der Waals surface area contributed by atoms with Crippen LogP contribution in [0, 0.1) is 18.7 Å². The van der Waals surface area contributed by atoms with E-state index in [4.69, 9.17) is 21.1 Å². The van der Waals surface area contributed by atoms with Crippen molar-refractivity contribution in [3.8, 4) is 22.1 Å². The first-order valence-electron chi connectivity index (χ1n) is 10.5. The van der Waals surface area contributed by atoms with E-state index in [1.54, 1.807) is 13.0 Å². The van der Waals surface area contributed by atoms with Crippen molar-refractivity contribution >= 4 is 34.0 Å². The van der Waals surface area contributed by atoms with Crippen molar-refractivity contribution in [3.63, 3.8) is 0 Å². The first-order chi connectivity index (χ1) is 15.9. The Bertz CT molecular complexity index is 1170. The van der Waals surface area contributed by atoms with Crippen molar-refractivity contribution in [2.45, 2.75) is 45.6 Å². The number of aryl methyl sites for hydroxylation is 1. The van der Waals surface area contributed by atoms with E-state index in [9.17, 15) is 9.18 Å². The molecule has 0 saturated heterocycles. The minimum atomic E-state index is -0.788. The lowest BCUT2D eigenvalue weighted by Crippen LogP contribution is -2.22. The summed E-state index contributed by atoms with van der Waals surface area (Å²) in [5.41, 5.74) is 1.01. The van der Waals surface area contributed by atoms with Gasteiger partial charge in [-0.3, -0.25) is 15.1 Å². The van der Waals surface area contributed by atoms with Gasteiger partial charge in [-0.15, -0.1) is 5.10 Å². The number of hydrogen-bond donors (Lipinski definition) is 1. The summed E-state index contributed by atoms with van der Waals surface area (Å²) in [4.78, 5) is 21.1. The molecule has 0 radical (unpaired) electrons. The number of amides is 1. The second kappa shape index (κ2) is 9.96. The fourth-order valence-electron chi connectivity index (χ4n) is 3.76. The van der Waals surface area contributed by atoms with Gasteiger partial charge in [0, 0.05) is 17.5 Å².